The van der Waals surface area contributed by atoms with Crippen LogP contribution in [-0.2, 0) is 0 Å². The van der Waals surface area contributed by atoms with Gasteiger partial charge < -0.3 is 10.4 Å². The predicted molar refractivity (Wildman–Crippen MR) is 86.8 cm³/mol. The van der Waals surface area contributed by atoms with Crippen LogP contribution in [0.5, 0.6) is 0 Å². The Hall–Kier alpha value is -0.390. The lowest BCUT2D eigenvalue weighted by Crippen LogP contribution is -2.53. The molecule has 0 radical (unpaired) electrons. The largest absolute Gasteiger partial charge is 0.394 e. The minimum atomic E-state index is -0.467. The average Bonchev–Trinajstić information content (AvgIpc) is 2.44. The second kappa shape index (κ2) is 6.58. The average molecular weight is 405 g/mol. The van der Waals surface area contributed by atoms with Crippen LogP contribution in [0.25, 0.3) is 0 Å². The molecule has 2 N–H and O–H groups in total. The Morgan fingerprint density at radius 3 is 2.65 bits per heavy atom. The zero-order valence-electron chi connectivity index (χ0n) is 11.5. The topological polar surface area (TPSA) is 49.3 Å². The second-order valence-corrected chi connectivity index (χ2v) is 7.47. The highest BCUT2D eigenvalue weighted by molar-refractivity contribution is 9.11. The van der Waals surface area contributed by atoms with Crippen LogP contribution in [0.3, 0.4) is 0 Å². The third kappa shape index (κ3) is 3.62. The minimum absolute atomic E-state index is 0.00289. The number of aliphatic hydroxyl groups is 1. The molecule has 0 bridgehead atoms. The molecule has 0 aromatic heterocycles. The van der Waals surface area contributed by atoms with E-state index in [1.54, 1.807) is 6.07 Å². The smallest absolute Gasteiger partial charge is 0.252 e. The van der Waals surface area contributed by atoms with E-state index in [4.69, 9.17) is 0 Å². The summed E-state index contributed by atoms with van der Waals surface area (Å²) in [7, 11) is 0. The van der Waals surface area contributed by atoms with E-state index >= 15 is 0 Å². The first-order chi connectivity index (χ1) is 9.46. The molecule has 20 heavy (non-hydrogen) atoms. The monoisotopic (exact) mass is 403 g/mol. The Morgan fingerprint density at radius 2 is 2.05 bits per heavy atom. The highest BCUT2D eigenvalue weighted by Crippen LogP contribution is 2.32. The highest BCUT2D eigenvalue weighted by Gasteiger charge is 2.35. The van der Waals surface area contributed by atoms with E-state index in [0.29, 0.717) is 11.5 Å². The minimum Gasteiger partial charge on any atom is -0.394 e. The maximum atomic E-state index is 12.5. The maximum Gasteiger partial charge on any atom is 0.252 e. The summed E-state index contributed by atoms with van der Waals surface area (Å²) in [5.74, 6) is 0.533. The molecular formula is C15H19Br2NO2. The first-order valence-corrected chi connectivity index (χ1v) is 8.43. The Kier molecular flexibility index (Phi) is 5.26. The Balaban J connectivity index is 2.15. The quantitative estimate of drug-likeness (QED) is 0.802. The molecule has 1 aliphatic rings. The Morgan fingerprint density at radius 1 is 1.40 bits per heavy atom. The SMILES string of the molecule is CC1CCC(CO)(NC(=O)c2cc(Br)ccc2Br)CC1. The fraction of sp³-hybridized carbons (Fsp3) is 0.533. The van der Waals surface area contributed by atoms with E-state index < -0.39 is 5.54 Å². The van der Waals surface area contributed by atoms with Crippen LogP contribution < -0.4 is 5.32 Å². The van der Waals surface area contributed by atoms with Crippen LogP contribution in [0.15, 0.2) is 27.1 Å². The van der Waals surface area contributed by atoms with Crippen molar-refractivity contribution < 1.29 is 9.90 Å². The standard InChI is InChI=1S/C15H19Br2NO2/c1-10-4-6-15(9-19,7-5-10)18-14(20)12-8-11(16)2-3-13(12)17/h2-3,8,10,19H,4-7,9H2,1H3,(H,18,20). The van der Waals surface area contributed by atoms with Crippen LogP contribution in [0.1, 0.15) is 43.0 Å². The molecule has 1 saturated carbocycles. The van der Waals surface area contributed by atoms with E-state index in [-0.39, 0.29) is 12.5 Å². The molecule has 0 unspecified atom stereocenters. The van der Waals surface area contributed by atoms with Gasteiger partial charge in [0.1, 0.15) is 0 Å². The molecule has 1 aliphatic carbocycles. The van der Waals surface area contributed by atoms with Crippen molar-refractivity contribution in [2.24, 2.45) is 5.92 Å². The number of halogens is 2. The zero-order chi connectivity index (χ0) is 14.8. The summed E-state index contributed by atoms with van der Waals surface area (Å²) in [6.07, 6.45) is 3.76. The van der Waals surface area contributed by atoms with Gasteiger partial charge in [-0.15, -0.1) is 0 Å². The van der Waals surface area contributed by atoms with E-state index in [1.807, 2.05) is 12.1 Å². The van der Waals surface area contributed by atoms with Gasteiger partial charge in [-0.1, -0.05) is 22.9 Å². The molecule has 2 rings (SSSR count). The van der Waals surface area contributed by atoms with Crippen LogP contribution >= 0.6 is 31.9 Å². The lowest BCUT2D eigenvalue weighted by Gasteiger charge is -2.38. The van der Waals surface area contributed by atoms with Crippen molar-refractivity contribution >= 4 is 37.8 Å². The maximum absolute atomic E-state index is 12.5. The van der Waals surface area contributed by atoms with Crippen molar-refractivity contribution in [2.45, 2.75) is 38.1 Å². The van der Waals surface area contributed by atoms with Gasteiger partial charge in [-0.2, -0.15) is 0 Å². The van der Waals surface area contributed by atoms with Gasteiger partial charge in [0.15, 0.2) is 0 Å². The van der Waals surface area contributed by atoms with Gasteiger partial charge in [0.2, 0.25) is 0 Å². The van der Waals surface area contributed by atoms with Gasteiger partial charge in [0.25, 0.3) is 5.91 Å². The molecule has 0 heterocycles. The fourth-order valence-corrected chi connectivity index (χ4v) is 3.40. The first kappa shape index (κ1) is 16.0. The lowest BCUT2D eigenvalue weighted by atomic mass is 9.77. The summed E-state index contributed by atoms with van der Waals surface area (Å²) < 4.78 is 1.62. The molecule has 0 aliphatic heterocycles. The predicted octanol–water partition coefficient (Wildman–Crippen LogP) is 3.88. The van der Waals surface area contributed by atoms with Gasteiger partial charge in [-0.3, -0.25) is 4.79 Å². The van der Waals surface area contributed by atoms with Crippen LogP contribution in [-0.4, -0.2) is 23.2 Å². The van der Waals surface area contributed by atoms with Gasteiger partial charge >= 0.3 is 0 Å². The normalized spacial score (nSPS) is 26.3. The van der Waals surface area contributed by atoms with E-state index in [1.165, 1.54) is 0 Å². The molecule has 3 nitrogen and oxygen atoms in total. The van der Waals surface area contributed by atoms with Crippen LogP contribution in [0, 0.1) is 5.92 Å². The van der Waals surface area contributed by atoms with Crippen molar-refractivity contribution in [3.8, 4) is 0 Å². The lowest BCUT2D eigenvalue weighted by molar-refractivity contribution is 0.0716. The van der Waals surface area contributed by atoms with Gasteiger partial charge in [0, 0.05) is 8.95 Å². The first-order valence-electron chi connectivity index (χ1n) is 6.84. The number of hydrogen-bond donors (Lipinski definition) is 2. The van der Waals surface area contributed by atoms with Crippen molar-refractivity contribution in [3.05, 3.63) is 32.7 Å². The molecule has 0 saturated heterocycles. The van der Waals surface area contributed by atoms with E-state index in [9.17, 15) is 9.90 Å². The molecule has 110 valence electrons. The highest BCUT2D eigenvalue weighted by atomic mass is 79.9. The third-order valence-corrected chi connectivity index (χ3v) is 5.27. The van der Waals surface area contributed by atoms with Crippen LogP contribution in [0.2, 0.25) is 0 Å². The van der Waals surface area contributed by atoms with Gasteiger partial charge in [0.05, 0.1) is 17.7 Å². The molecule has 0 spiro atoms. The summed E-state index contributed by atoms with van der Waals surface area (Å²) >= 11 is 6.78. The number of carbonyl (C=O) groups excluding carboxylic acids is 1. The summed E-state index contributed by atoms with van der Waals surface area (Å²) in [6, 6.07) is 5.51. The number of carbonyl (C=O) groups is 1. The second-order valence-electron chi connectivity index (χ2n) is 5.70. The molecule has 5 heteroatoms. The van der Waals surface area contributed by atoms with Gasteiger partial charge in [-0.05, 0) is 65.7 Å². The molecule has 1 aromatic carbocycles. The number of hydrogen-bond acceptors (Lipinski definition) is 2. The summed E-state index contributed by atoms with van der Waals surface area (Å²) in [5, 5.41) is 12.8. The van der Waals surface area contributed by atoms with Gasteiger partial charge in [-0.25, -0.2) is 0 Å². The molecule has 1 fully saturated rings. The number of amides is 1. The summed E-state index contributed by atoms with van der Waals surface area (Å²) in [6.45, 7) is 2.21. The molecule has 1 amide bonds. The number of rotatable bonds is 3. The molecule has 0 atom stereocenters. The van der Waals surface area contributed by atoms with E-state index in [2.05, 4.69) is 44.1 Å². The van der Waals surface area contributed by atoms with Crippen molar-refractivity contribution in [1.82, 2.24) is 5.32 Å². The van der Waals surface area contributed by atoms with Crippen molar-refractivity contribution in [3.63, 3.8) is 0 Å². The fourth-order valence-electron chi connectivity index (χ4n) is 2.62. The number of aliphatic hydroxyl groups excluding tert-OH is 1. The Labute approximate surface area is 136 Å². The van der Waals surface area contributed by atoms with Crippen molar-refractivity contribution in [1.29, 1.82) is 0 Å². The summed E-state index contributed by atoms with van der Waals surface area (Å²) in [5.41, 5.74) is 0.122. The Bertz CT molecular complexity index is 497. The summed E-state index contributed by atoms with van der Waals surface area (Å²) in [4.78, 5) is 12.5. The molecular weight excluding hydrogens is 386 g/mol. The van der Waals surface area contributed by atoms with E-state index in [0.717, 1.165) is 34.6 Å². The third-order valence-electron chi connectivity index (χ3n) is 4.09. The van der Waals surface area contributed by atoms with Crippen LogP contribution in [0.4, 0.5) is 0 Å². The number of benzene rings is 1. The zero-order valence-corrected chi connectivity index (χ0v) is 14.6. The molecule has 1 aromatic rings. The van der Waals surface area contributed by atoms with Crippen molar-refractivity contribution in [2.75, 3.05) is 6.61 Å². The number of nitrogens with one attached hydrogen (secondary N) is 1.